The molecule has 2 N–H and O–H groups in total. The Morgan fingerprint density at radius 2 is 2.09 bits per heavy atom. The minimum absolute atomic E-state index is 0.833. The van der Waals surface area contributed by atoms with Crippen molar-refractivity contribution in [3.8, 4) is 0 Å². The van der Waals surface area contributed by atoms with Crippen molar-refractivity contribution in [2.45, 2.75) is 26.2 Å². The van der Waals surface area contributed by atoms with Crippen molar-refractivity contribution in [2.24, 2.45) is 5.73 Å². The van der Waals surface area contributed by atoms with Gasteiger partial charge in [-0.15, -0.1) is 0 Å². The van der Waals surface area contributed by atoms with Crippen molar-refractivity contribution < 1.29 is 8.76 Å². The summed E-state index contributed by atoms with van der Waals surface area (Å²) in [6.45, 7) is 5.98. The summed E-state index contributed by atoms with van der Waals surface area (Å²) in [7, 11) is 0. The average molecular weight is 178 g/mol. The molecule has 0 aliphatic carbocycles. The summed E-state index contributed by atoms with van der Waals surface area (Å²) in [6.07, 6.45) is 3.75. The highest BCUT2D eigenvalue weighted by Crippen LogP contribution is 1.88. The summed E-state index contributed by atoms with van der Waals surface area (Å²) in [6, 6.07) is 0. The van der Waals surface area contributed by atoms with Crippen LogP contribution in [-0.2, 0) is 11.1 Å². The molecule has 4 heteroatoms. The van der Waals surface area contributed by atoms with E-state index in [4.69, 9.17) is 5.73 Å². The average Bonchev–Trinajstić information content (AvgIpc) is 2.02. The molecule has 1 unspecified atom stereocenters. The van der Waals surface area contributed by atoms with Gasteiger partial charge in [-0.1, -0.05) is 26.3 Å². The Labute approximate surface area is 71.0 Å². The van der Waals surface area contributed by atoms with Crippen LogP contribution in [0.1, 0.15) is 26.2 Å². The molecule has 68 valence electrons. The molecule has 0 spiro atoms. The van der Waals surface area contributed by atoms with Crippen LogP contribution in [0, 0.1) is 0 Å². The van der Waals surface area contributed by atoms with Crippen LogP contribution in [0.15, 0.2) is 12.0 Å². The van der Waals surface area contributed by atoms with E-state index < -0.39 is 11.1 Å². The molecular formula is C7H16NO2S-. The van der Waals surface area contributed by atoms with E-state index in [1.807, 2.05) is 0 Å². The van der Waals surface area contributed by atoms with E-state index >= 15 is 0 Å². The second-order valence-corrected chi connectivity index (χ2v) is 2.78. The number of hydrogen-bond donors (Lipinski definition) is 1. The lowest BCUT2D eigenvalue weighted by Gasteiger charge is -1.88. The first-order chi connectivity index (χ1) is 5.18. The Balaban J connectivity index is 0. The molecule has 0 amide bonds. The highest BCUT2D eigenvalue weighted by molar-refractivity contribution is 7.82. The summed E-state index contributed by atoms with van der Waals surface area (Å²) in [5.74, 6) is 0. The molecule has 0 rings (SSSR count). The zero-order valence-electron chi connectivity index (χ0n) is 6.91. The van der Waals surface area contributed by atoms with Gasteiger partial charge < -0.3 is 10.3 Å². The summed E-state index contributed by atoms with van der Waals surface area (Å²) in [5, 5.41) is 0.833. The van der Waals surface area contributed by atoms with E-state index in [1.165, 1.54) is 19.3 Å². The molecule has 0 saturated heterocycles. The summed E-state index contributed by atoms with van der Waals surface area (Å²) >= 11 is -2.06. The van der Waals surface area contributed by atoms with Gasteiger partial charge in [-0.25, -0.2) is 0 Å². The lowest BCUT2D eigenvalue weighted by Crippen LogP contribution is -1.96. The van der Waals surface area contributed by atoms with Crippen LogP contribution in [0.3, 0.4) is 0 Å². The Morgan fingerprint density at radius 1 is 1.64 bits per heavy atom. The second kappa shape index (κ2) is 12.5. The molecule has 0 aromatic heterocycles. The number of hydrogen-bond acceptors (Lipinski definition) is 3. The molecule has 0 aliphatic rings. The minimum atomic E-state index is -2.06. The van der Waals surface area contributed by atoms with E-state index in [-0.39, 0.29) is 0 Å². The van der Waals surface area contributed by atoms with Gasteiger partial charge in [-0.2, -0.15) is 0 Å². The molecule has 0 fully saturated rings. The zero-order valence-corrected chi connectivity index (χ0v) is 7.73. The standard InChI is InChI=1S/C5H13N.C2H4O2S/c1-2-3-4-5-6;1-2-5(3)4/h2-6H2,1H3;2H,1H2,(H,3,4)/p-1. The monoisotopic (exact) mass is 178 g/mol. The van der Waals surface area contributed by atoms with Crippen LogP contribution in [0.25, 0.3) is 0 Å². The molecule has 0 aromatic rings. The van der Waals surface area contributed by atoms with Gasteiger partial charge in [-0.05, 0) is 29.5 Å². The van der Waals surface area contributed by atoms with Gasteiger partial charge in [-0.3, -0.25) is 4.21 Å². The Bertz CT molecular complexity index is 103. The SMILES string of the molecule is C=CS(=O)[O-].CCCCCN. The first-order valence-electron chi connectivity index (χ1n) is 3.59. The topological polar surface area (TPSA) is 66.1 Å². The fraction of sp³-hybridized carbons (Fsp3) is 0.714. The predicted molar refractivity (Wildman–Crippen MR) is 47.7 cm³/mol. The maximum Gasteiger partial charge on any atom is -0.00773 e. The fourth-order valence-corrected chi connectivity index (χ4v) is 0.394. The summed E-state index contributed by atoms with van der Waals surface area (Å²) < 4.78 is 18.5. The number of rotatable bonds is 4. The molecule has 0 aliphatic heterocycles. The fourth-order valence-electron chi connectivity index (χ4n) is 0.394. The first kappa shape index (κ1) is 13.4. The summed E-state index contributed by atoms with van der Waals surface area (Å²) in [4.78, 5) is 0. The minimum Gasteiger partial charge on any atom is -0.769 e. The van der Waals surface area contributed by atoms with Gasteiger partial charge in [0.2, 0.25) is 0 Å². The maximum absolute atomic E-state index is 9.25. The molecule has 0 heterocycles. The Kier molecular flexibility index (Phi) is 15.2. The van der Waals surface area contributed by atoms with Crippen LogP contribution in [0.2, 0.25) is 0 Å². The molecule has 0 bridgehead atoms. The van der Waals surface area contributed by atoms with Crippen LogP contribution >= 0.6 is 0 Å². The highest BCUT2D eigenvalue weighted by atomic mass is 32.2. The Hall–Kier alpha value is -0.190. The largest absolute Gasteiger partial charge is 0.769 e. The third kappa shape index (κ3) is 25.9. The highest BCUT2D eigenvalue weighted by Gasteiger charge is 1.75. The van der Waals surface area contributed by atoms with E-state index in [9.17, 15) is 8.76 Å². The summed E-state index contributed by atoms with van der Waals surface area (Å²) in [5.41, 5.74) is 5.21. The van der Waals surface area contributed by atoms with Gasteiger partial charge in [0.05, 0.1) is 0 Å². The van der Waals surface area contributed by atoms with Crippen molar-refractivity contribution in [1.29, 1.82) is 0 Å². The van der Waals surface area contributed by atoms with Crippen molar-refractivity contribution in [3.05, 3.63) is 12.0 Å². The van der Waals surface area contributed by atoms with E-state index in [2.05, 4.69) is 13.5 Å². The van der Waals surface area contributed by atoms with Gasteiger partial charge in [0.1, 0.15) is 0 Å². The normalized spacial score (nSPS) is 11.2. The molecule has 3 nitrogen and oxygen atoms in total. The van der Waals surface area contributed by atoms with Crippen LogP contribution in [-0.4, -0.2) is 15.3 Å². The molecule has 11 heavy (non-hydrogen) atoms. The van der Waals surface area contributed by atoms with Gasteiger partial charge in [0.15, 0.2) is 0 Å². The molecule has 0 radical (unpaired) electrons. The molecule has 0 saturated carbocycles. The molecule has 1 atom stereocenters. The van der Waals surface area contributed by atoms with Gasteiger partial charge in [0, 0.05) is 0 Å². The van der Waals surface area contributed by atoms with Crippen molar-refractivity contribution in [1.82, 2.24) is 0 Å². The third-order valence-electron chi connectivity index (χ3n) is 0.944. The maximum atomic E-state index is 9.25. The van der Waals surface area contributed by atoms with Gasteiger partial charge in [0.25, 0.3) is 0 Å². The van der Waals surface area contributed by atoms with Crippen LogP contribution in [0.5, 0.6) is 0 Å². The third-order valence-corrected chi connectivity index (χ3v) is 1.22. The van der Waals surface area contributed by atoms with Crippen molar-refractivity contribution in [2.75, 3.05) is 6.54 Å². The zero-order chi connectivity index (χ0) is 9.11. The number of nitrogens with two attached hydrogens (primary N) is 1. The van der Waals surface area contributed by atoms with E-state index in [0.717, 1.165) is 12.0 Å². The second-order valence-electron chi connectivity index (χ2n) is 1.92. The number of unbranched alkanes of at least 4 members (excludes halogenated alkanes) is 2. The van der Waals surface area contributed by atoms with E-state index in [1.54, 1.807) is 0 Å². The molecular weight excluding hydrogens is 162 g/mol. The van der Waals surface area contributed by atoms with Crippen molar-refractivity contribution in [3.63, 3.8) is 0 Å². The van der Waals surface area contributed by atoms with Crippen molar-refractivity contribution >= 4 is 11.1 Å². The van der Waals surface area contributed by atoms with E-state index in [0.29, 0.717) is 0 Å². The van der Waals surface area contributed by atoms with Crippen LogP contribution in [0.4, 0.5) is 0 Å². The quantitative estimate of drug-likeness (QED) is 0.518. The molecule has 0 aromatic carbocycles. The predicted octanol–water partition coefficient (Wildman–Crippen LogP) is 1.14. The van der Waals surface area contributed by atoms with Crippen LogP contribution < -0.4 is 5.73 Å². The lowest BCUT2D eigenvalue weighted by atomic mass is 10.3. The first-order valence-corrected chi connectivity index (χ1v) is 4.73. The smallest absolute Gasteiger partial charge is 0.00773 e. The van der Waals surface area contributed by atoms with Gasteiger partial charge >= 0.3 is 0 Å². The Morgan fingerprint density at radius 3 is 2.18 bits per heavy atom. The lowest BCUT2D eigenvalue weighted by molar-refractivity contribution is 0.546.